The highest BCUT2D eigenvalue weighted by atomic mass is 16.6. The Hall–Kier alpha value is -2.21. The predicted molar refractivity (Wildman–Crippen MR) is 221 cm³/mol. The second-order valence-electron chi connectivity index (χ2n) is 16.6. The molecule has 0 spiro atoms. The van der Waals surface area contributed by atoms with E-state index in [2.05, 4.69) is 13.8 Å². The van der Waals surface area contributed by atoms with Crippen LogP contribution in [-0.4, -0.2) is 37.0 Å². The zero-order valence-corrected chi connectivity index (χ0v) is 35.3. The molecule has 0 saturated carbocycles. The quantitative estimate of drug-likeness (QED) is 0.0387. The zero-order chi connectivity index (χ0) is 38.8. The minimum atomic E-state index is -0.558. The molecule has 0 saturated heterocycles. The van der Waals surface area contributed by atoms with Crippen molar-refractivity contribution in [3.8, 4) is 0 Å². The van der Waals surface area contributed by atoms with Crippen molar-refractivity contribution in [1.82, 2.24) is 0 Å². The maximum absolute atomic E-state index is 12.6. The molecule has 1 aromatic carbocycles. The number of esters is 2. The Balaban J connectivity index is 2.36. The fourth-order valence-electron chi connectivity index (χ4n) is 6.63. The summed E-state index contributed by atoms with van der Waals surface area (Å²) in [6.45, 7) is 10.6. The van der Waals surface area contributed by atoms with E-state index in [9.17, 15) is 14.4 Å². The normalized spacial score (nSPS) is 11.7. The van der Waals surface area contributed by atoms with Gasteiger partial charge in [-0.1, -0.05) is 213 Å². The third kappa shape index (κ3) is 28.8. The third-order valence-corrected chi connectivity index (χ3v) is 10.2. The maximum atomic E-state index is 12.6. The maximum Gasteiger partial charge on any atom is 0.305 e. The number of benzene rings is 1. The number of Topliss-reactive ketones (excluding diaryl/α,β-unsaturated/α-hetero) is 1. The second-order valence-corrected chi connectivity index (χ2v) is 16.6. The van der Waals surface area contributed by atoms with Gasteiger partial charge in [0.25, 0.3) is 0 Å². The molecule has 0 aromatic heterocycles. The third-order valence-electron chi connectivity index (χ3n) is 10.2. The summed E-state index contributed by atoms with van der Waals surface area (Å²) >= 11 is 0. The molecule has 0 heterocycles. The van der Waals surface area contributed by atoms with Crippen LogP contribution in [0.25, 0.3) is 0 Å². The Kier molecular flexibility index (Phi) is 30.5. The Morgan fingerprint density at radius 2 is 0.811 bits per heavy atom. The zero-order valence-electron chi connectivity index (χ0n) is 35.3. The van der Waals surface area contributed by atoms with Crippen molar-refractivity contribution in [2.75, 3.05) is 13.2 Å². The fourth-order valence-corrected chi connectivity index (χ4v) is 6.63. The first-order valence-corrected chi connectivity index (χ1v) is 22.2. The van der Waals surface area contributed by atoms with Crippen molar-refractivity contribution in [1.29, 1.82) is 0 Å². The van der Waals surface area contributed by atoms with E-state index in [0.717, 1.165) is 44.1 Å². The van der Waals surface area contributed by atoms with Crippen molar-refractivity contribution in [3.05, 3.63) is 35.4 Å². The molecule has 0 amide bonds. The van der Waals surface area contributed by atoms with Crippen LogP contribution in [0.15, 0.2) is 24.3 Å². The lowest BCUT2D eigenvalue weighted by molar-refractivity contribution is -0.156. The minimum absolute atomic E-state index is 0.0455. The van der Waals surface area contributed by atoms with E-state index in [4.69, 9.17) is 14.2 Å². The number of carbonyl (C=O) groups excluding carboxylic acids is 3. The van der Waals surface area contributed by atoms with Crippen molar-refractivity contribution in [2.24, 2.45) is 5.41 Å². The average Bonchev–Trinajstić information content (AvgIpc) is 3.14. The van der Waals surface area contributed by atoms with Crippen LogP contribution in [0, 0.1) is 5.41 Å². The highest BCUT2D eigenvalue weighted by Crippen LogP contribution is 2.21. The Bertz CT molecular complexity index is 980. The van der Waals surface area contributed by atoms with E-state index in [-0.39, 0.29) is 37.5 Å². The van der Waals surface area contributed by atoms with Gasteiger partial charge in [-0.3, -0.25) is 14.4 Å². The predicted octanol–water partition coefficient (Wildman–Crippen LogP) is 13.8. The van der Waals surface area contributed by atoms with Gasteiger partial charge in [0.15, 0.2) is 5.78 Å². The van der Waals surface area contributed by atoms with Crippen molar-refractivity contribution in [2.45, 2.75) is 227 Å². The van der Waals surface area contributed by atoms with Crippen molar-refractivity contribution >= 4 is 17.7 Å². The Labute approximate surface area is 326 Å². The summed E-state index contributed by atoms with van der Waals surface area (Å²) in [4.78, 5) is 37.8. The molecule has 53 heavy (non-hydrogen) atoms. The van der Waals surface area contributed by atoms with Gasteiger partial charge < -0.3 is 14.2 Å². The summed E-state index contributed by atoms with van der Waals surface area (Å²) in [6.07, 6.45) is 33.0. The average molecular weight is 743 g/mol. The molecule has 0 bridgehead atoms. The highest BCUT2D eigenvalue weighted by Gasteiger charge is 2.23. The van der Waals surface area contributed by atoms with Gasteiger partial charge in [0.2, 0.25) is 0 Å². The van der Waals surface area contributed by atoms with Crippen LogP contribution in [-0.2, 0) is 30.4 Å². The molecule has 0 aliphatic carbocycles. The van der Waals surface area contributed by atoms with Gasteiger partial charge in [-0.2, -0.15) is 0 Å². The van der Waals surface area contributed by atoms with Crippen LogP contribution >= 0.6 is 0 Å². The summed E-state index contributed by atoms with van der Waals surface area (Å²) in [5, 5.41) is 0. The van der Waals surface area contributed by atoms with Gasteiger partial charge in [0, 0.05) is 23.8 Å². The van der Waals surface area contributed by atoms with E-state index >= 15 is 0 Å². The summed E-state index contributed by atoms with van der Waals surface area (Å²) in [6, 6.07) is 7.42. The molecule has 0 N–H and O–H groups in total. The number of carbonyl (C=O) groups is 3. The molecule has 0 aliphatic rings. The molecule has 0 unspecified atom stereocenters. The number of hydrogen-bond donors (Lipinski definition) is 0. The van der Waals surface area contributed by atoms with Crippen LogP contribution in [0.3, 0.4) is 0 Å². The van der Waals surface area contributed by atoms with E-state index in [0.29, 0.717) is 18.4 Å². The van der Waals surface area contributed by atoms with Crippen molar-refractivity contribution < 1.29 is 28.6 Å². The van der Waals surface area contributed by atoms with Crippen LogP contribution in [0.2, 0.25) is 0 Å². The molecule has 0 fully saturated rings. The minimum Gasteiger partial charge on any atom is -0.463 e. The Morgan fingerprint density at radius 1 is 0.491 bits per heavy atom. The first-order valence-electron chi connectivity index (χ1n) is 22.2. The van der Waals surface area contributed by atoms with E-state index in [1.807, 2.05) is 45.0 Å². The summed E-state index contributed by atoms with van der Waals surface area (Å²) in [5.74, 6) is -0.372. The second kappa shape index (κ2) is 33.2. The molecule has 1 aromatic rings. The standard InChI is InChI=1S/C47H82O6/c1-6-8-10-12-14-16-18-20-22-24-26-28-30-32-44(48)52-39-43(51-38-41-34-36-42(37-35-41)46(50)47(3,4)5)40-53-45(49)33-31-29-27-25-23-21-19-17-15-13-11-9-7-2/h34-37,43H,6-33,38-40H2,1-5H3. The van der Waals surface area contributed by atoms with Crippen LogP contribution < -0.4 is 0 Å². The first-order chi connectivity index (χ1) is 25.7. The van der Waals surface area contributed by atoms with Crippen LogP contribution in [0.1, 0.15) is 230 Å². The lowest BCUT2D eigenvalue weighted by atomic mass is 9.86. The molecule has 6 nitrogen and oxygen atoms in total. The first kappa shape index (κ1) is 48.8. The van der Waals surface area contributed by atoms with Gasteiger partial charge in [-0.25, -0.2) is 0 Å². The molecule has 306 valence electrons. The number of rotatable bonds is 36. The lowest BCUT2D eigenvalue weighted by Crippen LogP contribution is -2.28. The molecular formula is C47H82O6. The van der Waals surface area contributed by atoms with E-state index in [1.54, 1.807) is 0 Å². The fraction of sp³-hybridized carbons (Fsp3) is 0.809. The topological polar surface area (TPSA) is 78.9 Å². The Morgan fingerprint density at radius 3 is 1.13 bits per heavy atom. The molecule has 0 radical (unpaired) electrons. The van der Waals surface area contributed by atoms with Crippen LogP contribution in [0.5, 0.6) is 0 Å². The highest BCUT2D eigenvalue weighted by molar-refractivity contribution is 5.99. The summed E-state index contributed by atoms with van der Waals surface area (Å²) in [5.41, 5.74) is 1.12. The SMILES string of the molecule is CCCCCCCCCCCCCCCC(=O)OCC(COC(=O)CCCCCCCCCCCCCCC)OCc1ccc(C(=O)C(C)(C)C)cc1. The van der Waals surface area contributed by atoms with E-state index < -0.39 is 11.5 Å². The summed E-state index contributed by atoms with van der Waals surface area (Å²) < 4.78 is 17.3. The number of ketones is 1. The number of unbranched alkanes of at least 4 members (excludes halogenated alkanes) is 24. The molecule has 1 rings (SSSR count). The largest absolute Gasteiger partial charge is 0.463 e. The molecule has 0 aliphatic heterocycles. The van der Waals surface area contributed by atoms with Gasteiger partial charge >= 0.3 is 11.9 Å². The molecule has 0 atom stereocenters. The monoisotopic (exact) mass is 743 g/mol. The lowest BCUT2D eigenvalue weighted by Gasteiger charge is -2.19. The number of hydrogen-bond acceptors (Lipinski definition) is 6. The van der Waals surface area contributed by atoms with Gasteiger partial charge in [0.1, 0.15) is 19.3 Å². The van der Waals surface area contributed by atoms with Crippen molar-refractivity contribution in [3.63, 3.8) is 0 Å². The smallest absolute Gasteiger partial charge is 0.305 e. The molecule has 6 heteroatoms. The van der Waals surface area contributed by atoms with Crippen LogP contribution in [0.4, 0.5) is 0 Å². The van der Waals surface area contributed by atoms with Gasteiger partial charge in [-0.15, -0.1) is 0 Å². The summed E-state index contributed by atoms with van der Waals surface area (Å²) in [7, 11) is 0. The van der Waals surface area contributed by atoms with Gasteiger partial charge in [-0.05, 0) is 18.4 Å². The van der Waals surface area contributed by atoms with Gasteiger partial charge in [0.05, 0.1) is 6.61 Å². The number of ether oxygens (including phenoxy) is 3. The van der Waals surface area contributed by atoms with E-state index in [1.165, 1.54) is 128 Å². The molecular weight excluding hydrogens is 661 g/mol.